The Kier molecular flexibility index (Phi) is 2.86. The van der Waals surface area contributed by atoms with Gasteiger partial charge in [-0.2, -0.15) is 0 Å². The molecule has 0 fully saturated rings. The van der Waals surface area contributed by atoms with E-state index in [0.29, 0.717) is 0 Å². The van der Waals surface area contributed by atoms with Crippen LogP contribution >= 0.6 is 0 Å². The Bertz CT molecular complexity index is 424. The van der Waals surface area contributed by atoms with Gasteiger partial charge in [0.05, 0.1) is 0 Å². The van der Waals surface area contributed by atoms with Crippen molar-refractivity contribution >= 4 is 0 Å². The van der Waals surface area contributed by atoms with Gasteiger partial charge in [-0.3, -0.25) is 4.90 Å². The molecule has 0 N–H and O–H groups in total. The molecular formula is C16H25N. The first-order chi connectivity index (χ1) is 7.73. The van der Waals surface area contributed by atoms with Crippen LogP contribution in [0, 0.1) is 0 Å². The molecule has 2 rings (SSSR count). The highest BCUT2D eigenvalue weighted by molar-refractivity contribution is 5.40. The molecule has 17 heavy (non-hydrogen) atoms. The van der Waals surface area contributed by atoms with Gasteiger partial charge in [-0.25, -0.2) is 0 Å². The molecule has 1 nitrogen and oxygen atoms in total. The van der Waals surface area contributed by atoms with E-state index in [4.69, 9.17) is 0 Å². The number of nitrogens with zero attached hydrogens (tertiary/aromatic N) is 1. The third-order valence-corrected chi connectivity index (χ3v) is 4.31. The standard InChI is InChI=1S/C16H25N/c1-15(2,3)13-8-7-12-9-10-17(6)16(4,5)14(12)11-13/h7-8,11H,9-10H2,1-6H3. The Balaban J connectivity index is 2.54. The molecule has 0 amide bonds. The fourth-order valence-electron chi connectivity index (χ4n) is 2.60. The molecule has 1 aliphatic rings. The van der Waals surface area contributed by atoms with Crippen molar-refractivity contribution < 1.29 is 0 Å². The molecule has 1 heterocycles. The van der Waals surface area contributed by atoms with Gasteiger partial charge in [-0.1, -0.05) is 39.0 Å². The van der Waals surface area contributed by atoms with E-state index < -0.39 is 0 Å². The summed E-state index contributed by atoms with van der Waals surface area (Å²) in [7, 11) is 2.23. The number of fused-ring (bicyclic) bond motifs is 1. The van der Waals surface area contributed by atoms with Crippen LogP contribution in [-0.4, -0.2) is 18.5 Å². The Hall–Kier alpha value is -0.820. The lowest BCUT2D eigenvalue weighted by atomic mass is 9.78. The SMILES string of the molecule is CN1CCc2ccc(C(C)(C)C)cc2C1(C)C. The molecule has 0 aliphatic carbocycles. The summed E-state index contributed by atoms with van der Waals surface area (Å²) in [5.41, 5.74) is 4.88. The van der Waals surface area contributed by atoms with Crippen LogP contribution in [0.25, 0.3) is 0 Å². The molecule has 0 unspecified atom stereocenters. The zero-order valence-corrected chi connectivity index (χ0v) is 12.1. The van der Waals surface area contributed by atoms with Crippen molar-refractivity contribution in [3.63, 3.8) is 0 Å². The van der Waals surface area contributed by atoms with Crippen LogP contribution in [0.3, 0.4) is 0 Å². The Morgan fingerprint density at radius 3 is 2.41 bits per heavy atom. The molecule has 0 aromatic heterocycles. The number of hydrogen-bond donors (Lipinski definition) is 0. The minimum Gasteiger partial charge on any atom is -0.297 e. The molecule has 0 spiro atoms. The fourth-order valence-corrected chi connectivity index (χ4v) is 2.60. The minimum atomic E-state index is 0.162. The van der Waals surface area contributed by atoms with Gasteiger partial charge in [0.1, 0.15) is 0 Å². The van der Waals surface area contributed by atoms with Gasteiger partial charge in [0.2, 0.25) is 0 Å². The van der Waals surface area contributed by atoms with Gasteiger partial charge < -0.3 is 0 Å². The Morgan fingerprint density at radius 1 is 1.18 bits per heavy atom. The Labute approximate surface area is 106 Å². The van der Waals surface area contributed by atoms with Crippen molar-refractivity contribution in [1.29, 1.82) is 0 Å². The third kappa shape index (κ3) is 2.13. The van der Waals surface area contributed by atoms with Crippen molar-refractivity contribution in [2.45, 2.75) is 52.0 Å². The summed E-state index contributed by atoms with van der Waals surface area (Å²) < 4.78 is 0. The van der Waals surface area contributed by atoms with Crippen LogP contribution in [0.5, 0.6) is 0 Å². The molecule has 1 aliphatic heterocycles. The smallest absolute Gasteiger partial charge is 0.0404 e. The molecule has 0 saturated carbocycles. The largest absolute Gasteiger partial charge is 0.297 e. The summed E-state index contributed by atoms with van der Waals surface area (Å²) in [6, 6.07) is 7.07. The predicted octanol–water partition coefficient (Wildman–Crippen LogP) is 3.71. The van der Waals surface area contributed by atoms with Gasteiger partial charge in [-0.15, -0.1) is 0 Å². The zero-order chi connectivity index (χ0) is 12.8. The fraction of sp³-hybridized carbons (Fsp3) is 0.625. The average Bonchev–Trinajstić information content (AvgIpc) is 2.22. The first-order valence-corrected chi connectivity index (χ1v) is 6.58. The summed E-state index contributed by atoms with van der Waals surface area (Å²) in [5.74, 6) is 0. The number of benzene rings is 1. The maximum absolute atomic E-state index is 2.46. The number of likely N-dealkylation sites (N-methyl/N-ethyl adjacent to an activating group) is 1. The summed E-state index contributed by atoms with van der Waals surface area (Å²) in [6.07, 6.45) is 1.18. The van der Waals surface area contributed by atoms with E-state index in [9.17, 15) is 0 Å². The first kappa shape index (κ1) is 12.6. The second-order valence-electron chi connectivity index (χ2n) is 6.85. The summed E-state index contributed by atoms with van der Waals surface area (Å²) in [6.45, 7) is 12.7. The minimum absolute atomic E-state index is 0.162. The van der Waals surface area contributed by atoms with Gasteiger partial charge >= 0.3 is 0 Å². The number of rotatable bonds is 0. The number of hydrogen-bond acceptors (Lipinski definition) is 1. The van der Waals surface area contributed by atoms with Gasteiger partial charge in [0, 0.05) is 12.1 Å². The van der Waals surface area contributed by atoms with Crippen molar-refractivity contribution in [1.82, 2.24) is 4.90 Å². The van der Waals surface area contributed by atoms with Crippen molar-refractivity contribution in [2.24, 2.45) is 0 Å². The van der Waals surface area contributed by atoms with E-state index in [-0.39, 0.29) is 11.0 Å². The molecule has 0 bridgehead atoms. The topological polar surface area (TPSA) is 3.24 Å². The van der Waals surface area contributed by atoms with Crippen LogP contribution < -0.4 is 0 Å². The molecule has 1 aromatic rings. The van der Waals surface area contributed by atoms with E-state index in [1.807, 2.05) is 0 Å². The highest BCUT2D eigenvalue weighted by Gasteiger charge is 2.32. The highest BCUT2D eigenvalue weighted by atomic mass is 15.2. The molecule has 0 saturated heterocycles. The van der Waals surface area contributed by atoms with E-state index >= 15 is 0 Å². The lowest BCUT2D eigenvalue weighted by Crippen LogP contribution is -2.44. The van der Waals surface area contributed by atoms with Crippen LogP contribution in [0.2, 0.25) is 0 Å². The zero-order valence-electron chi connectivity index (χ0n) is 12.1. The van der Waals surface area contributed by atoms with Crippen molar-refractivity contribution in [3.05, 3.63) is 34.9 Å². The van der Waals surface area contributed by atoms with Crippen LogP contribution in [0.1, 0.15) is 51.3 Å². The molecular weight excluding hydrogens is 206 g/mol. The van der Waals surface area contributed by atoms with Gasteiger partial charge in [-0.05, 0) is 49.4 Å². The molecule has 0 radical (unpaired) electrons. The molecule has 1 heteroatoms. The second kappa shape index (κ2) is 3.84. The molecule has 1 aromatic carbocycles. The van der Waals surface area contributed by atoms with E-state index in [1.54, 1.807) is 0 Å². The summed E-state index contributed by atoms with van der Waals surface area (Å²) >= 11 is 0. The van der Waals surface area contributed by atoms with Crippen molar-refractivity contribution in [2.75, 3.05) is 13.6 Å². The maximum atomic E-state index is 2.46. The third-order valence-electron chi connectivity index (χ3n) is 4.31. The predicted molar refractivity (Wildman–Crippen MR) is 74.5 cm³/mol. The summed E-state index contributed by atoms with van der Waals surface area (Å²) in [5, 5.41) is 0. The first-order valence-electron chi connectivity index (χ1n) is 6.58. The van der Waals surface area contributed by atoms with E-state index in [1.165, 1.54) is 23.1 Å². The second-order valence-corrected chi connectivity index (χ2v) is 6.85. The van der Waals surface area contributed by atoms with Crippen LogP contribution in [0.15, 0.2) is 18.2 Å². The van der Waals surface area contributed by atoms with Gasteiger partial charge in [0.15, 0.2) is 0 Å². The van der Waals surface area contributed by atoms with E-state index in [2.05, 4.69) is 64.8 Å². The van der Waals surface area contributed by atoms with Crippen molar-refractivity contribution in [3.8, 4) is 0 Å². The highest BCUT2D eigenvalue weighted by Crippen LogP contribution is 2.36. The normalized spacial score (nSPS) is 20.1. The summed E-state index contributed by atoms with van der Waals surface area (Å²) in [4.78, 5) is 2.46. The lowest BCUT2D eigenvalue weighted by Gasteiger charge is -2.42. The molecule has 94 valence electrons. The molecule has 0 atom stereocenters. The lowest BCUT2D eigenvalue weighted by molar-refractivity contribution is 0.143. The Morgan fingerprint density at radius 2 is 1.82 bits per heavy atom. The van der Waals surface area contributed by atoms with E-state index in [0.717, 1.165) is 6.54 Å². The monoisotopic (exact) mass is 231 g/mol. The quantitative estimate of drug-likeness (QED) is 0.658. The van der Waals surface area contributed by atoms with Crippen LogP contribution in [0.4, 0.5) is 0 Å². The average molecular weight is 231 g/mol. The van der Waals surface area contributed by atoms with Crippen LogP contribution in [-0.2, 0) is 17.4 Å². The van der Waals surface area contributed by atoms with Gasteiger partial charge in [0.25, 0.3) is 0 Å². The maximum Gasteiger partial charge on any atom is 0.0404 e.